The Hall–Kier alpha value is -3.07. The molecule has 4 rings (SSSR count). The summed E-state index contributed by atoms with van der Waals surface area (Å²) in [5.41, 5.74) is 0.406. The first kappa shape index (κ1) is 19.3. The molecule has 2 fully saturated rings. The van der Waals surface area contributed by atoms with E-state index in [4.69, 9.17) is 4.52 Å². The Labute approximate surface area is 166 Å². The van der Waals surface area contributed by atoms with Crippen molar-refractivity contribution in [2.45, 2.75) is 38.3 Å². The molecule has 1 N–H and O–H groups in total. The van der Waals surface area contributed by atoms with Gasteiger partial charge in [0, 0.05) is 30.8 Å². The van der Waals surface area contributed by atoms with Gasteiger partial charge in [0.05, 0.1) is 12.5 Å². The molecule has 8 nitrogen and oxygen atoms in total. The maximum atomic E-state index is 13.0. The second-order valence-corrected chi connectivity index (χ2v) is 7.37. The summed E-state index contributed by atoms with van der Waals surface area (Å²) < 4.78 is 18.0. The quantitative estimate of drug-likeness (QED) is 0.784. The number of carbonyl (C=O) groups is 3. The SMILES string of the molecule is Cc1cc(N2C(=O)C[C@@H](N3CCC(NC(=O)c4ccc(F)cc4)CC3)C2=O)no1. The average Bonchev–Trinajstić information content (AvgIpc) is 3.25. The number of anilines is 1. The fourth-order valence-corrected chi connectivity index (χ4v) is 3.83. The number of carbonyl (C=O) groups excluding carboxylic acids is 3. The second-order valence-electron chi connectivity index (χ2n) is 7.37. The van der Waals surface area contributed by atoms with E-state index in [1.54, 1.807) is 13.0 Å². The minimum absolute atomic E-state index is 0.0368. The number of aryl methyl sites for hydroxylation is 1. The van der Waals surface area contributed by atoms with Crippen LogP contribution in [0.25, 0.3) is 0 Å². The zero-order chi connectivity index (χ0) is 20.5. The van der Waals surface area contributed by atoms with E-state index in [0.717, 1.165) is 4.90 Å². The molecule has 9 heteroatoms. The molecular weight excluding hydrogens is 379 g/mol. The van der Waals surface area contributed by atoms with Gasteiger partial charge in [0.2, 0.25) is 5.91 Å². The molecule has 2 aromatic rings. The van der Waals surface area contributed by atoms with Crippen molar-refractivity contribution in [1.82, 2.24) is 15.4 Å². The van der Waals surface area contributed by atoms with E-state index in [9.17, 15) is 18.8 Å². The molecule has 3 heterocycles. The molecule has 152 valence electrons. The van der Waals surface area contributed by atoms with Crippen molar-refractivity contribution in [2.24, 2.45) is 0 Å². The highest BCUT2D eigenvalue weighted by atomic mass is 19.1. The molecule has 29 heavy (non-hydrogen) atoms. The Bertz CT molecular complexity index is 934. The van der Waals surface area contributed by atoms with Crippen LogP contribution in [0.3, 0.4) is 0 Å². The van der Waals surface area contributed by atoms with Crippen molar-refractivity contribution in [1.29, 1.82) is 0 Å². The number of piperidine rings is 1. The lowest BCUT2D eigenvalue weighted by molar-refractivity contribution is -0.123. The summed E-state index contributed by atoms with van der Waals surface area (Å²) in [5, 5.41) is 6.73. The smallest absolute Gasteiger partial charge is 0.252 e. The van der Waals surface area contributed by atoms with Crippen LogP contribution < -0.4 is 10.2 Å². The normalized spacial score (nSPS) is 21.0. The van der Waals surface area contributed by atoms with E-state index in [0.29, 0.717) is 37.3 Å². The number of imide groups is 1. The summed E-state index contributed by atoms with van der Waals surface area (Å²) in [7, 11) is 0. The van der Waals surface area contributed by atoms with Gasteiger partial charge in [-0.15, -0.1) is 0 Å². The maximum Gasteiger partial charge on any atom is 0.252 e. The fourth-order valence-electron chi connectivity index (χ4n) is 3.83. The Balaban J connectivity index is 1.34. The van der Waals surface area contributed by atoms with Crippen LogP contribution in [0.4, 0.5) is 10.2 Å². The van der Waals surface area contributed by atoms with E-state index in [-0.39, 0.29) is 41.8 Å². The van der Waals surface area contributed by atoms with Gasteiger partial charge in [0.1, 0.15) is 11.6 Å². The molecule has 1 aromatic heterocycles. The van der Waals surface area contributed by atoms with Gasteiger partial charge in [0.15, 0.2) is 5.82 Å². The molecule has 0 saturated carbocycles. The highest BCUT2D eigenvalue weighted by Crippen LogP contribution is 2.27. The zero-order valence-electron chi connectivity index (χ0n) is 15.9. The summed E-state index contributed by atoms with van der Waals surface area (Å²) >= 11 is 0. The Kier molecular flexibility index (Phi) is 5.14. The van der Waals surface area contributed by atoms with E-state index in [1.807, 2.05) is 4.90 Å². The van der Waals surface area contributed by atoms with Crippen molar-refractivity contribution in [3.8, 4) is 0 Å². The van der Waals surface area contributed by atoms with Crippen molar-refractivity contribution in [3.05, 3.63) is 47.5 Å². The number of amides is 3. The number of rotatable bonds is 4. The Morgan fingerprint density at radius 2 is 1.90 bits per heavy atom. The number of nitrogens with one attached hydrogen (secondary N) is 1. The lowest BCUT2D eigenvalue weighted by Gasteiger charge is -2.35. The number of nitrogens with zero attached hydrogens (tertiary/aromatic N) is 3. The van der Waals surface area contributed by atoms with E-state index < -0.39 is 6.04 Å². The molecule has 2 aliphatic rings. The van der Waals surface area contributed by atoms with Gasteiger partial charge in [-0.25, -0.2) is 9.29 Å². The largest absolute Gasteiger partial charge is 0.360 e. The minimum Gasteiger partial charge on any atom is -0.360 e. The minimum atomic E-state index is -0.520. The van der Waals surface area contributed by atoms with Crippen LogP contribution in [0, 0.1) is 12.7 Å². The number of hydrogen-bond donors (Lipinski definition) is 1. The van der Waals surface area contributed by atoms with Crippen LogP contribution in [0.2, 0.25) is 0 Å². The Morgan fingerprint density at radius 3 is 2.52 bits per heavy atom. The van der Waals surface area contributed by atoms with Crippen LogP contribution in [0.15, 0.2) is 34.9 Å². The fraction of sp³-hybridized carbons (Fsp3) is 0.400. The molecule has 0 spiro atoms. The van der Waals surface area contributed by atoms with Crippen LogP contribution in [0.5, 0.6) is 0 Å². The topological polar surface area (TPSA) is 95.8 Å². The number of aromatic nitrogens is 1. The van der Waals surface area contributed by atoms with Crippen molar-refractivity contribution in [2.75, 3.05) is 18.0 Å². The lowest BCUT2D eigenvalue weighted by atomic mass is 10.0. The number of likely N-dealkylation sites (tertiary alicyclic amines) is 1. The molecule has 0 radical (unpaired) electrons. The van der Waals surface area contributed by atoms with E-state index in [1.165, 1.54) is 24.3 Å². The Morgan fingerprint density at radius 1 is 1.21 bits per heavy atom. The van der Waals surface area contributed by atoms with Crippen molar-refractivity contribution in [3.63, 3.8) is 0 Å². The highest BCUT2D eigenvalue weighted by molar-refractivity contribution is 6.21. The third kappa shape index (κ3) is 3.91. The zero-order valence-corrected chi connectivity index (χ0v) is 15.9. The number of hydrogen-bond acceptors (Lipinski definition) is 6. The first-order valence-corrected chi connectivity index (χ1v) is 9.53. The van der Waals surface area contributed by atoms with Gasteiger partial charge in [-0.1, -0.05) is 5.16 Å². The van der Waals surface area contributed by atoms with Gasteiger partial charge in [-0.05, 0) is 44.0 Å². The first-order chi connectivity index (χ1) is 13.9. The van der Waals surface area contributed by atoms with Gasteiger partial charge in [-0.3, -0.25) is 19.3 Å². The highest BCUT2D eigenvalue weighted by Gasteiger charge is 2.44. The van der Waals surface area contributed by atoms with Gasteiger partial charge < -0.3 is 9.84 Å². The van der Waals surface area contributed by atoms with Crippen LogP contribution in [-0.4, -0.2) is 53.0 Å². The molecule has 2 saturated heterocycles. The monoisotopic (exact) mass is 400 g/mol. The number of benzene rings is 1. The van der Waals surface area contributed by atoms with Gasteiger partial charge >= 0.3 is 0 Å². The summed E-state index contributed by atoms with van der Waals surface area (Å²) in [6.45, 7) is 2.87. The lowest BCUT2D eigenvalue weighted by Crippen LogP contribution is -2.50. The van der Waals surface area contributed by atoms with Crippen LogP contribution in [0.1, 0.15) is 35.4 Å². The molecule has 1 aromatic carbocycles. The number of halogens is 1. The van der Waals surface area contributed by atoms with E-state index >= 15 is 0 Å². The third-order valence-electron chi connectivity index (χ3n) is 5.38. The van der Waals surface area contributed by atoms with Gasteiger partial charge in [0.25, 0.3) is 11.8 Å². The standard InChI is InChI=1S/C20H21FN4O4/c1-12-10-17(23-29-12)25-18(26)11-16(20(25)28)24-8-6-15(7-9-24)22-19(27)13-2-4-14(21)5-3-13/h2-5,10,15-16H,6-9,11H2,1H3,(H,22,27)/t16-/m1/s1. The molecule has 3 amide bonds. The van der Waals surface area contributed by atoms with Crippen molar-refractivity contribution < 1.29 is 23.3 Å². The molecular formula is C20H21FN4O4. The predicted molar refractivity (Wildman–Crippen MR) is 101 cm³/mol. The maximum absolute atomic E-state index is 13.0. The third-order valence-corrected chi connectivity index (χ3v) is 5.38. The van der Waals surface area contributed by atoms with Crippen LogP contribution >= 0.6 is 0 Å². The van der Waals surface area contributed by atoms with Crippen molar-refractivity contribution >= 4 is 23.5 Å². The predicted octanol–water partition coefficient (Wildman–Crippen LogP) is 1.65. The summed E-state index contributed by atoms with van der Waals surface area (Å²) in [4.78, 5) is 40.5. The van der Waals surface area contributed by atoms with Gasteiger partial charge in [-0.2, -0.15) is 0 Å². The van der Waals surface area contributed by atoms with E-state index in [2.05, 4.69) is 10.5 Å². The molecule has 0 bridgehead atoms. The molecule has 1 atom stereocenters. The summed E-state index contributed by atoms with van der Waals surface area (Å²) in [5.74, 6) is -0.469. The summed E-state index contributed by atoms with van der Waals surface area (Å²) in [6, 6.07) is 6.41. The van der Waals surface area contributed by atoms with Crippen LogP contribution in [-0.2, 0) is 9.59 Å². The molecule has 2 aliphatic heterocycles. The molecule has 0 aliphatic carbocycles. The first-order valence-electron chi connectivity index (χ1n) is 9.53. The molecule has 0 unspecified atom stereocenters. The second kappa shape index (κ2) is 7.75. The average molecular weight is 400 g/mol. The summed E-state index contributed by atoms with van der Waals surface area (Å²) in [6.07, 6.45) is 1.43.